The molecule has 5 heteroatoms. The molecule has 0 fully saturated rings. The molecule has 0 bridgehead atoms. The van der Waals surface area contributed by atoms with E-state index in [0.717, 1.165) is 37.6 Å². The van der Waals surface area contributed by atoms with Crippen molar-refractivity contribution in [3.63, 3.8) is 0 Å². The maximum absolute atomic E-state index is 4.35. The average molecular weight is 292 g/mol. The molecule has 110 valence electrons. The van der Waals surface area contributed by atoms with E-state index in [0.29, 0.717) is 0 Å². The Hall–Kier alpha value is -1.17. The zero-order valence-electron chi connectivity index (χ0n) is 12.8. The molecule has 2 aromatic heterocycles. The molecule has 0 saturated carbocycles. The third-order valence-electron chi connectivity index (χ3n) is 3.18. The quantitative estimate of drug-likeness (QED) is 0.852. The third kappa shape index (κ3) is 4.74. The Balaban J connectivity index is 1.99. The fourth-order valence-corrected chi connectivity index (χ4v) is 3.06. The second kappa shape index (κ2) is 7.02. The van der Waals surface area contributed by atoms with Crippen molar-refractivity contribution >= 4 is 11.3 Å². The summed E-state index contributed by atoms with van der Waals surface area (Å²) in [4.78, 5) is 7.49. The third-order valence-corrected chi connectivity index (χ3v) is 4.17. The molecule has 2 aromatic rings. The molecule has 2 heterocycles. The lowest BCUT2D eigenvalue weighted by molar-refractivity contribution is 0.225. The van der Waals surface area contributed by atoms with Gasteiger partial charge in [-0.3, -0.25) is 10.00 Å². The molecule has 0 amide bonds. The second-order valence-electron chi connectivity index (χ2n) is 5.57. The topological polar surface area (TPSA) is 35.2 Å². The molecule has 0 aliphatic carbocycles. The first kappa shape index (κ1) is 15.2. The van der Waals surface area contributed by atoms with Crippen molar-refractivity contribution in [1.82, 2.24) is 20.0 Å². The maximum Gasteiger partial charge on any atom is 0.0765 e. The van der Waals surface area contributed by atoms with Crippen LogP contribution in [0.15, 0.2) is 18.2 Å². The summed E-state index contributed by atoms with van der Waals surface area (Å²) >= 11 is 1.88. The van der Waals surface area contributed by atoms with Crippen molar-refractivity contribution in [2.75, 3.05) is 27.2 Å². The lowest BCUT2D eigenvalue weighted by Crippen LogP contribution is -2.31. The number of aromatic amines is 1. The zero-order chi connectivity index (χ0) is 14.5. The molecule has 0 atom stereocenters. The van der Waals surface area contributed by atoms with Gasteiger partial charge in [-0.05, 0) is 46.1 Å². The predicted octanol–water partition coefficient (Wildman–Crippen LogP) is 2.65. The normalized spacial score (nSPS) is 11.7. The number of hydrogen-bond donors (Lipinski definition) is 1. The van der Waals surface area contributed by atoms with Crippen LogP contribution in [-0.4, -0.2) is 47.2 Å². The van der Waals surface area contributed by atoms with Gasteiger partial charge in [0.15, 0.2) is 0 Å². The van der Waals surface area contributed by atoms with Gasteiger partial charge >= 0.3 is 0 Å². The Labute approximate surface area is 125 Å². The molecule has 0 saturated heterocycles. The minimum Gasteiger partial charge on any atom is -0.308 e. The van der Waals surface area contributed by atoms with Crippen molar-refractivity contribution in [3.8, 4) is 0 Å². The van der Waals surface area contributed by atoms with Crippen molar-refractivity contribution < 1.29 is 0 Å². The Morgan fingerprint density at radius 3 is 2.50 bits per heavy atom. The van der Waals surface area contributed by atoms with Gasteiger partial charge in [-0.25, -0.2) is 0 Å². The van der Waals surface area contributed by atoms with Crippen LogP contribution in [0.5, 0.6) is 0 Å². The highest BCUT2D eigenvalue weighted by Crippen LogP contribution is 2.18. The summed E-state index contributed by atoms with van der Waals surface area (Å²) in [5.41, 5.74) is 2.24. The first-order valence-electron chi connectivity index (χ1n) is 6.96. The Morgan fingerprint density at radius 2 is 1.95 bits per heavy atom. The van der Waals surface area contributed by atoms with Crippen molar-refractivity contribution in [3.05, 3.63) is 39.3 Å². The number of nitrogens with one attached hydrogen (secondary N) is 1. The van der Waals surface area contributed by atoms with Crippen molar-refractivity contribution in [2.45, 2.75) is 26.9 Å². The summed E-state index contributed by atoms with van der Waals surface area (Å²) in [6, 6.07) is 6.56. The lowest BCUT2D eigenvalue weighted by atomic mass is 10.3. The largest absolute Gasteiger partial charge is 0.308 e. The average Bonchev–Trinajstić information content (AvgIpc) is 2.95. The summed E-state index contributed by atoms with van der Waals surface area (Å²) in [7, 11) is 4.23. The van der Waals surface area contributed by atoms with Crippen LogP contribution < -0.4 is 0 Å². The maximum atomic E-state index is 4.35. The van der Waals surface area contributed by atoms with E-state index in [9.17, 15) is 0 Å². The molecule has 2 rings (SSSR count). The smallest absolute Gasteiger partial charge is 0.0765 e. The molecule has 0 spiro atoms. The molecule has 20 heavy (non-hydrogen) atoms. The zero-order valence-corrected chi connectivity index (χ0v) is 13.6. The number of H-pyrrole nitrogens is 1. The SMILES string of the molecule is Cc1cc(CN(CCN(C)C)Cc2ccc(C)s2)n[nH]1. The molecule has 0 aromatic carbocycles. The van der Waals surface area contributed by atoms with Gasteiger partial charge in [-0.2, -0.15) is 5.10 Å². The van der Waals surface area contributed by atoms with Crippen LogP contribution in [0.2, 0.25) is 0 Å². The highest BCUT2D eigenvalue weighted by atomic mass is 32.1. The number of nitrogens with zero attached hydrogens (tertiary/aromatic N) is 3. The van der Waals surface area contributed by atoms with Gasteiger partial charge in [0, 0.05) is 41.6 Å². The van der Waals surface area contributed by atoms with Crippen molar-refractivity contribution in [1.29, 1.82) is 0 Å². The highest BCUT2D eigenvalue weighted by molar-refractivity contribution is 7.11. The van der Waals surface area contributed by atoms with Crippen LogP contribution in [0.4, 0.5) is 0 Å². The fraction of sp³-hybridized carbons (Fsp3) is 0.533. The number of likely N-dealkylation sites (N-methyl/N-ethyl adjacent to an activating group) is 1. The van der Waals surface area contributed by atoms with Gasteiger partial charge in [-0.1, -0.05) is 0 Å². The number of aryl methyl sites for hydroxylation is 2. The van der Waals surface area contributed by atoms with E-state index in [4.69, 9.17) is 0 Å². The van der Waals surface area contributed by atoms with E-state index in [1.165, 1.54) is 9.75 Å². The molecule has 0 unspecified atom stereocenters. The van der Waals surface area contributed by atoms with Crippen LogP contribution in [0.3, 0.4) is 0 Å². The Morgan fingerprint density at radius 1 is 1.15 bits per heavy atom. The molecular formula is C15H24N4S. The van der Waals surface area contributed by atoms with Gasteiger partial charge in [-0.15, -0.1) is 11.3 Å². The van der Waals surface area contributed by atoms with E-state index in [2.05, 4.69) is 59.2 Å². The summed E-state index contributed by atoms with van der Waals surface area (Å²) in [6.07, 6.45) is 0. The number of aromatic nitrogens is 2. The van der Waals surface area contributed by atoms with E-state index < -0.39 is 0 Å². The summed E-state index contributed by atoms with van der Waals surface area (Å²) in [5, 5.41) is 7.37. The summed E-state index contributed by atoms with van der Waals surface area (Å²) < 4.78 is 0. The summed E-state index contributed by atoms with van der Waals surface area (Å²) in [5.74, 6) is 0. The van der Waals surface area contributed by atoms with Gasteiger partial charge in [0.05, 0.1) is 5.69 Å². The van der Waals surface area contributed by atoms with E-state index in [1.54, 1.807) is 0 Å². The van der Waals surface area contributed by atoms with Crippen LogP contribution in [-0.2, 0) is 13.1 Å². The van der Waals surface area contributed by atoms with E-state index in [1.807, 2.05) is 18.3 Å². The molecule has 0 aliphatic heterocycles. The second-order valence-corrected chi connectivity index (χ2v) is 6.94. The molecule has 1 N–H and O–H groups in total. The van der Waals surface area contributed by atoms with Crippen LogP contribution >= 0.6 is 11.3 Å². The predicted molar refractivity (Wildman–Crippen MR) is 85.0 cm³/mol. The molecular weight excluding hydrogens is 268 g/mol. The van der Waals surface area contributed by atoms with Gasteiger partial charge in [0.2, 0.25) is 0 Å². The van der Waals surface area contributed by atoms with Gasteiger partial charge < -0.3 is 4.90 Å². The minimum absolute atomic E-state index is 0.898. The lowest BCUT2D eigenvalue weighted by Gasteiger charge is -2.22. The highest BCUT2D eigenvalue weighted by Gasteiger charge is 2.10. The number of thiophene rings is 1. The van der Waals surface area contributed by atoms with Gasteiger partial charge in [0.1, 0.15) is 0 Å². The minimum atomic E-state index is 0.898. The summed E-state index contributed by atoms with van der Waals surface area (Å²) in [6.45, 7) is 8.22. The molecule has 0 aliphatic rings. The molecule has 4 nitrogen and oxygen atoms in total. The fourth-order valence-electron chi connectivity index (χ4n) is 2.13. The van der Waals surface area contributed by atoms with Crippen LogP contribution in [0.25, 0.3) is 0 Å². The van der Waals surface area contributed by atoms with Crippen LogP contribution in [0, 0.1) is 13.8 Å². The monoisotopic (exact) mass is 292 g/mol. The van der Waals surface area contributed by atoms with Crippen molar-refractivity contribution in [2.24, 2.45) is 0 Å². The number of hydrogen-bond acceptors (Lipinski definition) is 4. The first-order chi connectivity index (χ1) is 9.52. The van der Waals surface area contributed by atoms with E-state index >= 15 is 0 Å². The van der Waals surface area contributed by atoms with Gasteiger partial charge in [0.25, 0.3) is 0 Å². The Bertz CT molecular complexity index is 487. The Kier molecular flexibility index (Phi) is 5.34. The number of rotatable bonds is 7. The first-order valence-corrected chi connectivity index (χ1v) is 7.78. The standard InChI is InChI=1S/C15H24N4S/c1-12-9-14(17-16-12)10-19(8-7-18(3)4)11-15-6-5-13(2)20-15/h5-6,9H,7-8,10-11H2,1-4H3,(H,16,17). The molecule has 0 radical (unpaired) electrons. The van der Waals surface area contributed by atoms with E-state index in [-0.39, 0.29) is 0 Å². The van der Waals surface area contributed by atoms with Crippen LogP contribution in [0.1, 0.15) is 21.1 Å².